The maximum atomic E-state index is 12.8. The lowest BCUT2D eigenvalue weighted by molar-refractivity contribution is -0.115. The summed E-state index contributed by atoms with van der Waals surface area (Å²) in [5, 5.41) is 9.22. The van der Waals surface area contributed by atoms with Gasteiger partial charge in [0.15, 0.2) is 11.6 Å². The highest BCUT2D eigenvalue weighted by Gasteiger charge is 2.21. The summed E-state index contributed by atoms with van der Waals surface area (Å²) in [5.74, 6) is 1.28. The van der Waals surface area contributed by atoms with Crippen LogP contribution >= 0.6 is 0 Å². The molecule has 12 heteroatoms. The number of aromatic nitrogens is 2. The van der Waals surface area contributed by atoms with E-state index >= 15 is 0 Å². The van der Waals surface area contributed by atoms with Crippen molar-refractivity contribution in [2.75, 3.05) is 42.2 Å². The van der Waals surface area contributed by atoms with Crippen LogP contribution in [-0.4, -0.2) is 51.6 Å². The molecule has 1 heterocycles. The van der Waals surface area contributed by atoms with Crippen LogP contribution in [0.1, 0.15) is 18.4 Å². The molecule has 1 atom stereocenters. The summed E-state index contributed by atoms with van der Waals surface area (Å²) in [6, 6.07) is 29.0. The number of carbonyl (C=O) groups is 1. The fourth-order valence-corrected chi connectivity index (χ4v) is 5.36. The normalized spacial score (nSPS) is 11.6. The molecular weight excluding hydrogens is 592 g/mol. The molecular formula is C33H34N6O5S. The second kappa shape index (κ2) is 14.5. The average Bonchev–Trinajstić information content (AvgIpc) is 3.05. The van der Waals surface area contributed by atoms with Crippen molar-refractivity contribution in [2.24, 2.45) is 0 Å². The Hall–Kier alpha value is -5.20. The highest BCUT2D eigenvalue weighted by molar-refractivity contribution is 7.74. The van der Waals surface area contributed by atoms with Crippen LogP contribution in [0.15, 0.2) is 97.1 Å². The van der Waals surface area contributed by atoms with Gasteiger partial charge in [-0.15, -0.1) is 0 Å². The van der Waals surface area contributed by atoms with Gasteiger partial charge in [0.05, 0.1) is 37.5 Å². The molecule has 0 radical (unpaired) electrons. The summed E-state index contributed by atoms with van der Waals surface area (Å²) in [4.78, 5) is 22.2. The van der Waals surface area contributed by atoms with Crippen LogP contribution in [0.5, 0.6) is 11.5 Å². The van der Waals surface area contributed by atoms with Crippen molar-refractivity contribution in [3.8, 4) is 11.5 Å². The Labute approximate surface area is 263 Å². The third kappa shape index (κ3) is 7.85. The number of carbonyl (C=O) groups excluding carboxylic acids is 1. The molecule has 1 unspecified atom stereocenters. The van der Waals surface area contributed by atoms with E-state index in [0.717, 1.165) is 4.31 Å². The molecule has 0 saturated carbocycles. The number of nitrogens with zero attached hydrogens (tertiary/aromatic N) is 3. The Morgan fingerprint density at radius 3 is 2.16 bits per heavy atom. The fraction of sp³-hybridized carbons (Fsp3) is 0.182. The number of nitrogens with one attached hydrogen (secondary N) is 3. The number of hydrogen-bond acceptors (Lipinski definition) is 9. The molecule has 0 saturated heterocycles. The Morgan fingerprint density at radius 1 is 0.822 bits per heavy atom. The van der Waals surface area contributed by atoms with E-state index in [2.05, 4.69) is 40.0 Å². The monoisotopic (exact) mass is 626 g/mol. The number of thiol groups is 1. The third-order valence-corrected chi connectivity index (χ3v) is 7.76. The first-order valence-electron chi connectivity index (χ1n) is 14.2. The van der Waals surface area contributed by atoms with E-state index in [9.17, 15) is 13.2 Å². The molecule has 0 bridgehead atoms. The molecule has 5 rings (SSSR count). The number of para-hydroxylation sites is 2. The molecule has 0 fully saturated rings. The van der Waals surface area contributed by atoms with Gasteiger partial charge >= 0.3 is 0 Å². The van der Waals surface area contributed by atoms with Crippen molar-refractivity contribution >= 4 is 56.5 Å². The number of methoxy groups -OCH3 is 2. The minimum atomic E-state index is -3.24. The summed E-state index contributed by atoms with van der Waals surface area (Å²) in [6.07, 6.45) is 0. The molecule has 3 N–H and O–H groups in total. The number of hydrogen-bond donors (Lipinski definition) is 4. The SMILES string of the molecule is COc1cc(Nc2nc3ccccc3nc2N(c2cccc(NC(=O)CNCC(C)c3ccccc3)c2)[SH](=O)=O)cc(OC)c1. The topological polar surface area (TPSA) is 135 Å². The summed E-state index contributed by atoms with van der Waals surface area (Å²) in [7, 11) is -0.160. The average molecular weight is 627 g/mol. The molecule has 4 aromatic carbocycles. The second-order valence-corrected chi connectivity index (χ2v) is 11.1. The minimum Gasteiger partial charge on any atom is -0.497 e. The van der Waals surface area contributed by atoms with Gasteiger partial charge in [0, 0.05) is 36.1 Å². The summed E-state index contributed by atoms with van der Waals surface area (Å²) < 4.78 is 37.5. The molecule has 5 aromatic rings. The Balaban J connectivity index is 1.41. The lowest BCUT2D eigenvalue weighted by atomic mass is 10.0. The van der Waals surface area contributed by atoms with Crippen LogP contribution in [0, 0.1) is 0 Å². The van der Waals surface area contributed by atoms with Crippen LogP contribution in [0.3, 0.4) is 0 Å². The summed E-state index contributed by atoms with van der Waals surface area (Å²) in [5.41, 5.74) is 3.50. The number of rotatable bonds is 13. The Morgan fingerprint density at radius 2 is 1.49 bits per heavy atom. The van der Waals surface area contributed by atoms with Crippen LogP contribution in [0.2, 0.25) is 0 Å². The lowest BCUT2D eigenvalue weighted by Gasteiger charge is -2.21. The van der Waals surface area contributed by atoms with Crippen LogP contribution < -0.4 is 29.7 Å². The molecule has 45 heavy (non-hydrogen) atoms. The van der Waals surface area contributed by atoms with Gasteiger partial charge in [-0.2, -0.15) is 0 Å². The highest BCUT2D eigenvalue weighted by Crippen LogP contribution is 2.35. The second-order valence-electron chi connectivity index (χ2n) is 10.2. The van der Waals surface area contributed by atoms with E-state index in [-0.39, 0.29) is 35.7 Å². The molecule has 0 aliphatic rings. The number of benzene rings is 4. The summed E-state index contributed by atoms with van der Waals surface area (Å²) in [6.45, 7) is 2.80. The van der Waals surface area contributed by atoms with Gasteiger partial charge in [0.25, 0.3) is 0 Å². The molecule has 0 aliphatic heterocycles. The van der Waals surface area contributed by atoms with Gasteiger partial charge in [0.1, 0.15) is 11.5 Å². The predicted molar refractivity (Wildman–Crippen MR) is 178 cm³/mol. The molecule has 0 spiro atoms. The Bertz CT molecular complexity index is 1840. The van der Waals surface area contributed by atoms with Crippen molar-refractivity contribution in [1.82, 2.24) is 15.3 Å². The fourth-order valence-electron chi connectivity index (χ4n) is 4.75. The number of ether oxygens (including phenoxy) is 2. The smallest absolute Gasteiger partial charge is 0.238 e. The standard InChI is InChI=1S/C33H34N6O5S/c1-22(23-10-5-4-6-11-23)20-34-21-31(40)35-24-12-9-13-26(16-24)39(45(41)42)33-32(37-29-14-7-8-15-30(29)38-33)36-25-17-27(43-2)19-28(18-25)44-3/h4-19,22,34,45H,20-21H2,1-3H3,(H,35,40)(H,36,37). The molecule has 1 amide bonds. The predicted octanol–water partition coefficient (Wildman–Crippen LogP) is 5.39. The van der Waals surface area contributed by atoms with E-state index in [1.165, 1.54) is 19.8 Å². The van der Waals surface area contributed by atoms with E-state index in [0.29, 0.717) is 40.5 Å². The van der Waals surface area contributed by atoms with Crippen molar-refractivity contribution in [3.05, 3.63) is 103 Å². The zero-order valence-corrected chi connectivity index (χ0v) is 26.0. The maximum Gasteiger partial charge on any atom is 0.238 e. The first kappa shape index (κ1) is 31.2. The lowest BCUT2D eigenvalue weighted by Crippen LogP contribution is -2.30. The van der Waals surface area contributed by atoms with Crippen molar-refractivity contribution in [2.45, 2.75) is 12.8 Å². The number of amides is 1. The summed E-state index contributed by atoms with van der Waals surface area (Å²) >= 11 is 0. The molecule has 1 aromatic heterocycles. The van der Waals surface area contributed by atoms with E-state index in [4.69, 9.17) is 14.5 Å². The zero-order chi connectivity index (χ0) is 31.8. The van der Waals surface area contributed by atoms with E-state index in [1.807, 2.05) is 24.3 Å². The van der Waals surface area contributed by atoms with Gasteiger partial charge in [-0.25, -0.2) is 22.7 Å². The third-order valence-electron chi connectivity index (χ3n) is 7.01. The van der Waals surface area contributed by atoms with Crippen molar-refractivity contribution < 1.29 is 22.7 Å². The van der Waals surface area contributed by atoms with Gasteiger partial charge in [0.2, 0.25) is 16.8 Å². The Kier molecular flexibility index (Phi) is 10.1. The van der Waals surface area contributed by atoms with Gasteiger partial charge < -0.3 is 25.4 Å². The number of fused-ring (bicyclic) bond motifs is 1. The van der Waals surface area contributed by atoms with Gasteiger partial charge in [-0.3, -0.25) is 4.79 Å². The first-order valence-corrected chi connectivity index (χ1v) is 15.3. The van der Waals surface area contributed by atoms with Crippen molar-refractivity contribution in [3.63, 3.8) is 0 Å². The van der Waals surface area contributed by atoms with Gasteiger partial charge in [-0.1, -0.05) is 55.5 Å². The van der Waals surface area contributed by atoms with Crippen molar-refractivity contribution in [1.29, 1.82) is 0 Å². The molecule has 0 aliphatic carbocycles. The largest absolute Gasteiger partial charge is 0.497 e. The van der Waals surface area contributed by atoms with E-state index < -0.39 is 10.9 Å². The zero-order valence-electron chi connectivity index (χ0n) is 25.1. The minimum absolute atomic E-state index is 0.0478. The highest BCUT2D eigenvalue weighted by atomic mass is 32.2. The van der Waals surface area contributed by atoms with E-state index in [1.54, 1.807) is 60.7 Å². The van der Waals surface area contributed by atoms with Crippen LogP contribution in [0.25, 0.3) is 11.0 Å². The molecule has 11 nitrogen and oxygen atoms in total. The number of anilines is 5. The van der Waals surface area contributed by atoms with Crippen LogP contribution in [0.4, 0.5) is 28.7 Å². The van der Waals surface area contributed by atoms with Crippen LogP contribution in [-0.2, 0) is 15.7 Å². The first-order chi connectivity index (χ1) is 21.8. The maximum absolute atomic E-state index is 12.8. The van der Waals surface area contributed by atoms with Gasteiger partial charge in [-0.05, 0) is 41.8 Å². The molecule has 232 valence electrons. The quantitative estimate of drug-likeness (QED) is 0.127.